The molecule has 3 N–H and O–H groups in total. The van der Waals surface area contributed by atoms with Crippen molar-refractivity contribution in [1.29, 1.82) is 0 Å². The van der Waals surface area contributed by atoms with E-state index in [-0.39, 0.29) is 4.90 Å². The molecule has 0 radical (unpaired) electrons. The highest BCUT2D eigenvalue weighted by Gasteiger charge is 2.18. The highest BCUT2D eigenvalue weighted by Crippen LogP contribution is 2.27. The largest absolute Gasteiger partial charge is 0.381 e. The van der Waals surface area contributed by atoms with Crippen LogP contribution in [-0.2, 0) is 10.0 Å². The number of halogens is 1. The van der Waals surface area contributed by atoms with Gasteiger partial charge in [-0.1, -0.05) is 0 Å². The van der Waals surface area contributed by atoms with Gasteiger partial charge in [0.2, 0.25) is 10.0 Å². The number of nitrogens with one attached hydrogen (secondary N) is 1. The number of primary sulfonamides is 1. The van der Waals surface area contributed by atoms with E-state index in [1.165, 1.54) is 12.1 Å². The number of benzene rings is 1. The molecule has 1 saturated heterocycles. The molecule has 1 fully saturated rings. The SMILES string of the molecule is CN1CCC(Nc2ccc(S(N)(=O)=O)cc2Br)CC1. The molecule has 0 aliphatic carbocycles. The van der Waals surface area contributed by atoms with E-state index in [4.69, 9.17) is 5.14 Å². The lowest BCUT2D eigenvalue weighted by atomic mass is 10.1. The fourth-order valence-electron chi connectivity index (χ4n) is 2.16. The van der Waals surface area contributed by atoms with E-state index in [0.717, 1.165) is 36.1 Å². The van der Waals surface area contributed by atoms with Gasteiger partial charge < -0.3 is 10.2 Å². The van der Waals surface area contributed by atoms with E-state index >= 15 is 0 Å². The Morgan fingerprint density at radius 2 is 2.00 bits per heavy atom. The third-order valence-electron chi connectivity index (χ3n) is 3.35. The summed E-state index contributed by atoms with van der Waals surface area (Å²) in [7, 11) is -1.53. The Balaban J connectivity index is 2.09. The molecule has 0 amide bonds. The number of nitrogens with zero attached hydrogens (tertiary/aromatic N) is 1. The fourth-order valence-corrected chi connectivity index (χ4v) is 3.35. The van der Waals surface area contributed by atoms with Gasteiger partial charge in [0, 0.05) is 16.2 Å². The predicted molar refractivity (Wildman–Crippen MR) is 79.7 cm³/mol. The number of hydrogen-bond acceptors (Lipinski definition) is 4. The third kappa shape index (κ3) is 3.92. The summed E-state index contributed by atoms with van der Waals surface area (Å²) in [6.07, 6.45) is 2.17. The van der Waals surface area contributed by atoms with Crippen LogP contribution in [0.2, 0.25) is 0 Å². The van der Waals surface area contributed by atoms with Gasteiger partial charge in [0.1, 0.15) is 0 Å². The first-order valence-electron chi connectivity index (χ1n) is 6.14. The third-order valence-corrected chi connectivity index (χ3v) is 4.91. The molecule has 2 rings (SSSR count). The van der Waals surface area contributed by atoms with Gasteiger partial charge >= 0.3 is 0 Å². The van der Waals surface area contributed by atoms with Gasteiger partial charge in [0.05, 0.1) is 4.90 Å². The molecular weight excluding hydrogens is 330 g/mol. The molecular formula is C12H18BrN3O2S. The monoisotopic (exact) mass is 347 g/mol. The van der Waals surface area contributed by atoms with E-state index in [1.807, 2.05) is 0 Å². The summed E-state index contributed by atoms with van der Waals surface area (Å²) < 4.78 is 23.2. The molecule has 0 atom stereocenters. The lowest BCUT2D eigenvalue weighted by Crippen LogP contribution is -2.36. The molecule has 0 unspecified atom stereocenters. The first-order chi connectivity index (χ1) is 8.86. The highest BCUT2D eigenvalue weighted by molar-refractivity contribution is 9.10. The van der Waals surface area contributed by atoms with Gasteiger partial charge in [-0.05, 0) is 67.1 Å². The van der Waals surface area contributed by atoms with Gasteiger partial charge in [0.15, 0.2) is 0 Å². The molecule has 19 heavy (non-hydrogen) atoms. The summed E-state index contributed by atoms with van der Waals surface area (Å²) in [5.74, 6) is 0. The predicted octanol–water partition coefficient (Wildman–Crippen LogP) is 1.60. The number of likely N-dealkylation sites (tertiary alicyclic amines) is 1. The van der Waals surface area contributed by atoms with Crippen molar-refractivity contribution in [3.8, 4) is 0 Å². The summed E-state index contributed by atoms with van der Waals surface area (Å²) in [5, 5.41) is 8.54. The number of nitrogens with two attached hydrogens (primary N) is 1. The number of rotatable bonds is 3. The van der Waals surface area contributed by atoms with Crippen molar-refractivity contribution >= 4 is 31.6 Å². The molecule has 0 aromatic heterocycles. The van der Waals surface area contributed by atoms with E-state index in [0.29, 0.717) is 6.04 Å². The molecule has 1 heterocycles. The number of hydrogen-bond donors (Lipinski definition) is 2. The maximum atomic E-state index is 11.3. The van der Waals surface area contributed by atoms with Crippen molar-refractivity contribution in [1.82, 2.24) is 4.90 Å². The first-order valence-corrected chi connectivity index (χ1v) is 8.47. The standard InChI is InChI=1S/C12H18BrN3O2S/c1-16-6-4-9(5-7-16)15-12-3-2-10(8-11(12)13)19(14,17)18/h2-3,8-9,15H,4-7H2,1H3,(H2,14,17,18). The second kappa shape index (κ2) is 5.78. The highest BCUT2D eigenvalue weighted by atomic mass is 79.9. The summed E-state index contributed by atoms with van der Waals surface area (Å²) >= 11 is 3.39. The van der Waals surface area contributed by atoms with E-state index in [1.54, 1.807) is 6.07 Å². The first kappa shape index (κ1) is 14.8. The molecule has 1 aliphatic heterocycles. The average molecular weight is 348 g/mol. The molecule has 1 aromatic rings. The summed E-state index contributed by atoms with van der Waals surface area (Å²) in [4.78, 5) is 2.42. The van der Waals surface area contributed by atoms with Crippen LogP contribution in [0.5, 0.6) is 0 Å². The Labute approximate surface area is 122 Å². The lowest BCUT2D eigenvalue weighted by molar-refractivity contribution is 0.264. The minimum absolute atomic E-state index is 0.119. The number of sulfonamides is 1. The quantitative estimate of drug-likeness (QED) is 0.870. The van der Waals surface area contributed by atoms with Crippen molar-refractivity contribution in [3.05, 3.63) is 22.7 Å². The Kier molecular flexibility index (Phi) is 4.50. The number of piperidine rings is 1. The molecule has 5 nitrogen and oxygen atoms in total. The van der Waals surface area contributed by atoms with E-state index in [9.17, 15) is 8.42 Å². The normalized spacial score (nSPS) is 18.5. The van der Waals surface area contributed by atoms with Crippen molar-refractivity contribution in [2.24, 2.45) is 5.14 Å². The molecule has 7 heteroatoms. The van der Waals surface area contributed by atoms with Gasteiger partial charge in [0.25, 0.3) is 0 Å². The van der Waals surface area contributed by atoms with Crippen molar-refractivity contribution in [3.63, 3.8) is 0 Å². The summed E-state index contributed by atoms with van der Waals surface area (Å²) in [6, 6.07) is 5.24. The minimum Gasteiger partial charge on any atom is -0.381 e. The van der Waals surface area contributed by atoms with E-state index in [2.05, 4.69) is 33.2 Å². The Bertz CT molecular complexity index is 554. The molecule has 106 valence electrons. The lowest BCUT2D eigenvalue weighted by Gasteiger charge is -2.30. The maximum absolute atomic E-state index is 11.3. The van der Waals surface area contributed by atoms with Crippen LogP contribution < -0.4 is 10.5 Å². The summed E-state index contributed by atoms with van der Waals surface area (Å²) in [5.41, 5.74) is 0.905. The van der Waals surface area contributed by atoms with Crippen LogP contribution in [0.25, 0.3) is 0 Å². The van der Waals surface area contributed by atoms with Crippen LogP contribution in [-0.4, -0.2) is 39.5 Å². The Hall–Kier alpha value is -0.630. The topological polar surface area (TPSA) is 75.4 Å². The van der Waals surface area contributed by atoms with Crippen molar-refractivity contribution < 1.29 is 8.42 Å². The molecule has 0 bridgehead atoms. The molecule has 1 aliphatic rings. The zero-order valence-electron chi connectivity index (χ0n) is 10.8. The van der Waals surface area contributed by atoms with Crippen LogP contribution in [0.3, 0.4) is 0 Å². The molecule has 1 aromatic carbocycles. The van der Waals surface area contributed by atoms with Crippen molar-refractivity contribution in [2.45, 2.75) is 23.8 Å². The Morgan fingerprint density at radius 1 is 1.37 bits per heavy atom. The minimum atomic E-state index is -3.65. The Morgan fingerprint density at radius 3 is 2.53 bits per heavy atom. The van der Waals surface area contributed by atoms with Crippen molar-refractivity contribution in [2.75, 3.05) is 25.5 Å². The maximum Gasteiger partial charge on any atom is 0.238 e. The average Bonchev–Trinajstić information content (AvgIpc) is 2.33. The smallest absolute Gasteiger partial charge is 0.238 e. The molecule has 0 saturated carbocycles. The second-order valence-electron chi connectivity index (χ2n) is 4.91. The van der Waals surface area contributed by atoms with Gasteiger partial charge in [-0.2, -0.15) is 0 Å². The zero-order chi connectivity index (χ0) is 14.0. The summed E-state index contributed by atoms with van der Waals surface area (Å²) in [6.45, 7) is 2.15. The zero-order valence-corrected chi connectivity index (χ0v) is 13.2. The number of anilines is 1. The molecule has 0 spiro atoms. The second-order valence-corrected chi connectivity index (χ2v) is 7.32. The van der Waals surface area contributed by atoms with Crippen LogP contribution in [0.4, 0.5) is 5.69 Å². The van der Waals surface area contributed by atoms with E-state index < -0.39 is 10.0 Å². The van der Waals surface area contributed by atoms with Gasteiger partial charge in [-0.15, -0.1) is 0 Å². The van der Waals surface area contributed by atoms with Crippen LogP contribution in [0.15, 0.2) is 27.6 Å². The van der Waals surface area contributed by atoms with Gasteiger partial charge in [-0.25, -0.2) is 13.6 Å². The van der Waals surface area contributed by atoms with Crippen LogP contribution >= 0.6 is 15.9 Å². The van der Waals surface area contributed by atoms with Crippen LogP contribution in [0.1, 0.15) is 12.8 Å². The van der Waals surface area contributed by atoms with Crippen LogP contribution in [0, 0.1) is 0 Å². The fraction of sp³-hybridized carbons (Fsp3) is 0.500. The van der Waals surface area contributed by atoms with Gasteiger partial charge in [-0.3, -0.25) is 0 Å².